The Kier molecular flexibility index (Phi) is 6.12. The molecule has 0 N–H and O–H groups in total. The Bertz CT molecular complexity index is 86.9. The third-order valence-electron chi connectivity index (χ3n) is 2.16. The third-order valence-corrected chi connectivity index (χ3v) is 3.30. The molecule has 0 aromatic heterocycles. The first kappa shape index (κ1) is 11.4. The van der Waals surface area contributed by atoms with Crippen LogP contribution < -0.4 is 0 Å². The molecule has 0 aliphatic rings. The molecule has 0 spiro atoms. The van der Waals surface area contributed by atoms with Gasteiger partial charge in [0.15, 0.2) is 0 Å². The average molecular weight is 174 g/mol. The minimum atomic E-state index is 0.800. The number of hydrogen-bond donors (Lipinski definition) is 0. The van der Waals surface area contributed by atoms with E-state index in [1.165, 1.54) is 12.2 Å². The Morgan fingerprint density at radius 1 is 1.00 bits per heavy atom. The minimum absolute atomic E-state index is 0.800. The van der Waals surface area contributed by atoms with E-state index in [-0.39, 0.29) is 0 Å². The van der Waals surface area contributed by atoms with Gasteiger partial charge < -0.3 is 0 Å². The molecule has 0 radical (unpaired) electrons. The number of rotatable bonds is 5. The summed E-state index contributed by atoms with van der Waals surface area (Å²) >= 11 is 2.08. The van der Waals surface area contributed by atoms with E-state index in [2.05, 4.69) is 46.4 Å². The molecule has 0 amide bonds. The summed E-state index contributed by atoms with van der Waals surface area (Å²) in [6, 6.07) is 0. The van der Waals surface area contributed by atoms with E-state index >= 15 is 0 Å². The first-order valence-corrected chi connectivity index (χ1v) is 5.70. The zero-order valence-corrected chi connectivity index (χ0v) is 9.37. The smallest absolute Gasteiger partial charge is 0.000968 e. The fourth-order valence-corrected chi connectivity index (χ4v) is 1.80. The molecule has 68 valence electrons. The van der Waals surface area contributed by atoms with Crippen molar-refractivity contribution < 1.29 is 0 Å². The van der Waals surface area contributed by atoms with Crippen LogP contribution >= 0.6 is 11.8 Å². The van der Waals surface area contributed by atoms with Crippen molar-refractivity contribution >= 4 is 11.8 Å². The summed E-state index contributed by atoms with van der Waals surface area (Å²) in [6.07, 6.45) is 1.38. The molecule has 11 heavy (non-hydrogen) atoms. The molecular formula is C10H22S. The zero-order chi connectivity index (χ0) is 8.85. The van der Waals surface area contributed by atoms with E-state index < -0.39 is 0 Å². The lowest BCUT2D eigenvalue weighted by Gasteiger charge is -2.15. The lowest BCUT2D eigenvalue weighted by molar-refractivity contribution is 0.410. The van der Waals surface area contributed by atoms with Gasteiger partial charge in [-0.1, -0.05) is 34.6 Å². The Morgan fingerprint density at radius 3 is 1.91 bits per heavy atom. The number of hydrogen-bond acceptors (Lipinski definition) is 1. The van der Waals surface area contributed by atoms with Crippen LogP contribution in [0.1, 0.15) is 41.0 Å². The molecule has 0 aromatic carbocycles. The topological polar surface area (TPSA) is 0 Å². The SMILES string of the molecule is CC(C)SCC[C@@H](C)C(C)C. The highest BCUT2D eigenvalue weighted by atomic mass is 32.2. The van der Waals surface area contributed by atoms with E-state index in [1.807, 2.05) is 0 Å². The second kappa shape index (κ2) is 5.93. The molecule has 0 saturated heterocycles. The lowest BCUT2D eigenvalue weighted by Crippen LogP contribution is -2.05. The van der Waals surface area contributed by atoms with Crippen molar-refractivity contribution in [1.82, 2.24) is 0 Å². The molecule has 0 rings (SSSR count). The second-order valence-electron chi connectivity index (χ2n) is 3.93. The summed E-state index contributed by atoms with van der Waals surface area (Å²) < 4.78 is 0. The van der Waals surface area contributed by atoms with Crippen LogP contribution in [0.4, 0.5) is 0 Å². The van der Waals surface area contributed by atoms with E-state index in [9.17, 15) is 0 Å². The van der Waals surface area contributed by atoms with Gasteiger partial charge in [0.2, 0.25) is 0 Å². The van der Waals surface area contributed by atoms with Gasteiger partial charge in [0.1, 0.15) is 0 Å². The van der Waals surface area contributed by atoms with Crippen molar-refractivity contribution in [3.63, 3.8) is 0 Å². The maximum absolute atomic E-state index is 2.35. The van der Waals surface area contributed by atoms with Crippen LogP contribution in [0.5, 0.6) is 0 Å². The fourth-order valence-electron chi connectivity index (χ4n) is 0.823. The maximum Gasteiger partial charge on any atom is -0.000968 e. The molecule has 0 unspecified atom stereocenters. The van der Waals surface area contributed by atoms with Gasteiger partial charge >= 0.3 is 0 Å². The van der Waals surface area contributed by atoms with Crippen molar-refractivity contribution in [3.8, 4) is 0 Å². The van der Waals surface area contributed by atoms with Gasteiger partial charge in [0, 0.05) is 0 Å². The predicted octanol–water partition coefficient (Wildman–Crippen LogP) is 3.81. The van der Waals surface area contributed by atoms with Gasteiger partial charge in [-0.25, -0.2) is 0 Å². The average Bonchev–Trinajstić information content (AvgIpc) is 1.86. The second-order valence-corrected chi connectivity index (χ2v) is 5.61. The van der Waals surface area contributed by atoms with Crippen molar-refractivity contribution in [2.75, 3.05) is 5.75 Å². The molecule has 0 aliphatic carbocycles. The molecule has 0 bridgehead atoms. The van der Waals surface area contributed by atoms with Crippen LogP contribution in [-0.4, -0.2) is 11.0 Å². The van der Waals surface area contributed by atoms with Crippen molar-refractivity contribution in [2.24, 2.45) is 11.8 Å². The molecule has 0 fully saturated rings. The maximum atomic E-state index is 2.35. The summed E-state index contributed by atoms with van der Waals surface area (Å²) in [5.74, 6) is 3.07. The Hall–Kier alpha value is 0.350. The Labute approximate surface area is 76.1 Å². The monoisotopic (exact) mass is 174 g/mol. The van der Waals surface area contributed by atoms with Crippen molar-refractivity contribution in [2.45, 2.75) is 46.3 Å². The zero-order valence-electron chi connectivity index (χ0n) is 8.55. The summed E-state index contributed by atoms with van der Waals surface area (Å²) in [5.41, 5.74) is 0. The quantitative estimate of drug-likeness (QED) is 0.611. The third kappa shape index (κ3) is 6.74. The van der Waals surface area contributed by atoms with Gasteiger partial charge in [-0.15, -0.1) is 0 Å². The standard InChI is InChI=1S/C10H22S/c1-8(2)10(5)6-7-11-9(3)4/h8-10H,6-7H2,1-5H3/t10-/m1/s1. The first-order chi connectivity index (χ1) is 5.04. The molecular weight excluding hydrogens is 152 g/mol. The normalized spacial score (nSPS) is 14.5. The van der Waals surface area contributed by atoms with Gasteiger partial charge in [-0.2, -0.15) is 11.8 Å². The van der Waals surface area contributed by atoms with E-state index in [4.69, 9.17) is 0 Å². The molecule has 0 nitrogen and oxygen atoms in total. The van der Waals surface area contributed by atoms with Crippen LogP contribution in [0.15, 0.2) is 0 Å². The molecule has 0 aliphatic heterocycles. The predicted molar refractivity (Wildman–Crippen MR) is 56.2 cm³/mol. The number of thioether (sulfide) groups is 1. The Balaban J connectivity index is 3.24. The highest BCUT2D eigenvalue weighted by Gasteiger charge is 2.06. The van der Waals surface area contributed by atoms with E-state index in [0.717, 1.165) is 17.1 Å². The van der Waals surface area contributed by atoms with Crippen LogP contribution in [0.2, 0.25) is 0 Å². The highest BCUT2D eigenvalue weighted by molar-refractivity contribution is 7.99. The van der Waals surface area contributed by atoms with E-state index in [1.54, 1.807) is 0 Å². The van der Waals surface area contributed by atoms with Gasteiger partial charge in [-0.3, -0.25) is 0 Å². The summed E-state index contributed by atoms with van der Waals surface area (Å²) in [5, 5.41) is 0.800. The lowest BCUT2D eigenvalue weighted by atomic mass is 9.96. The van der Waals surface area contributed by atoms with Gasteiger partial charge in [0.25, 0.3) is 0 Å². The Morgan fingerprint density at radius 2 is 1.55 bits per heavy atom. The molecule has 0 saturated carbocycles. The van der Waals surface area contributed by atoms with Crippen molar-refractivity contribution in [1.29, 1.82) is 0 Å². The summed E-state index contributed by atoms with van der Waals surface area (Å²) in [7, 11) is 0. The fraction of sp³-hybridized carbons (Fsp3) is 1.00. The summed E-state index contributed by atoms with van der Waals surface area (Å²) in [4.78, 5) is 0. The van der Waals surface area contributed by atoms with Gasteiger partial charge in [-0.05, 0) is 29.3 Å². The van der Waals surface area contributed by atoms with Gasteiger partial charge in [0.05, 0.1) is 0 Å². The van der Waals surface area contributed by atoms with Crippen LogP contribution in [-0.2, 0) is 0 Å². The van der Waals surface area contributed by atoms with Crippen molar-refractivity contribution in [3.05, 3.63) is 0 Å². The largest absolute Gasteiger partial charge is 0.159 e. The molecule has 0 heterocycles. The van der Waals surface area contributed by atoms with Crippen LogP contribution in [0.3, 0.4) is 0 Å². The first-order valence-electron chi connectivity index (χ1n) is 4.65. The molecule has 1 atom stereocenters. The highest BCUT2D eigenvalue weighted by Crippen LogP contribution is 2.19. The molecule has 0 aromatic rings. The molecule has 1 heteroatoms. The summed E-state index contributed by atoms with van der Waals surface area (Å²) in [6.45, 7) is 11.5. The van der Waals surface area contributed by atoms with E-state index in [0.29, 0.717) is 0 Å². The van der Waals surface area contributed by atoms with Crippen LogP contribution in [0, 0.1) is 11.8 Å². The van der Waals surface area contributed by atoms with Crippen LogP contribution in [0.25, 0.3) is 0 Å². The minimum Gasteiger partial charge on any atom is -0.159 e.